The number of hydrogen-bond donors (Lipinski definition) is 0. The van der Waals surface area contributed by atoms with Crippen molar-refractivity contribution < 1.29 is 18.0 Å². The van der Waals surface area contributed by atoms with Crippen molar-refractivity contribution in [3.63, 3.8) is 0 Å². The molecule has 1 aromatic heterocycles. The second kappa shape index (κ2) is 6.20. The van der Waals surface area contributed by atoms with Crippen LogP contribution in [0.15, 0.2) is 23.0 Å². The smallest absolute Gasteiger partial charge is 0.399 e. The molecule has 0 saturated heterocycles. The number of alkyl halides is 3. The average molecular weight is 290 g/mol. The second-order valence-corrected chi connectivity index (χ2v) is 3.62. The molecule has 0 saturated carbocycles. The Morgan fingerprint density at radius 2 is 2.26 bits per heavy atom. The number of nitriles is 1. The van der Waals surface area contributed by atoms with Crippen LogP contribution in [0.5, 0.6) is 0 Å². The molecule has 8 heteroatoms. The first kappa shape index (κ1) is 15.0. The van der Waals surface area contributed by atoms with E-state index in [4.69, 9.17) is 16.9 Å². The quantitative estimate of drug-likeness (QED) is 0.487. The van der Waals surface area contributed by atoms with Crippen molar-refractivity contribution in [2.45, 2.75) is 6.18 Å². The molecular weight excluding hydrogens is 283 g/mol. The molecule has 0 fully saturated rings. The molecule has 1 aromatic rings. The minimum absolute atomic E-state index is 0.0359. The summed E-state index contributed by atoms with van der Waals surface area (Å²) in [6, 6.07) is 2.51. The Labute approximate surface area is 111 Å². The van der Waals surface area contributed by atoms with Gasteiger partial charge in [-0.05, 0) is 12.1 Å². The summed E-state index contributed by atoms with van der Waals surface area (Å²) < 4.78 is 37.2. The normalized spacial score (nSPS) is 12.5. The molecule has 1 heterocycles. The van der Waals surface area contributed by atoms with Gasteiger partial charge in [0.2, 0.25) is 0 Å². The summed E-state index contributed by atoms with van der Waals surface area (Å²) in [6.45, 7) is 0. The lowest BCUT2D eigenvalue weighted by Crippen LogP contribution is -2.05. The Hall–Kier alpha value is -2.07. The lowest BCUT2D eigenvalue weighted by Gasteiger charge is -2.07. The van der Waals surface area contributed by atoms with E-state index in [0.717, 1.165) is 12.3 Å². The molecule has 1 rings (SSSR count). The third-order valence-corrected chi connectivity index (χ3v) is 2.22. The van der Waals surface area contributed by atoms with Crippen molar-refractivity contribution in [3.05, 3.63) is 34.1 Å². The minimum atomic E-state index is -4.52. The van der Waals surface area contributed by atoms with E-state index in [1.165, 1.54) is 13.2 Å². The number of oxime groups is 1. The lowest BCUT2D eigenvalue weighted by atomic mass is 10.2. The van der Waals surface area contributed by atoms with Crippen LogP contribution in [0.4, 0.5) is 13.2 Å². The fourth-order valence-corrected chi connectivity index (χ4v) is 1.29. The van der Waals surface area contributed by atoms with Crippen molar-refractivity contribution >= 4 is 23.9 Å². The third-order valence-electron chi connectivity index (χ3n) is 1.92. The van der Waals surface area contributed by atoms with Gasteiger partial charge in [0.1, 0.15) is 13.2 Å². The van der Waals surface area contributed by atoms with Crippen LogP contribution in [-0.4, -0.2) is 18.3 Å². The maximum Gasteiger partial charge on any atom is 0.417 e. The lowest BCUT2D eigenvalue weighted by molar-refractivity contribution is -0.137. The monoisotopic (exact) mass is 289 g/mol. The summed E-state index contributed by atoms with van der Waals surface area (Å²) in [6.07, 6.45) is -1.59. The van der Waals surface area contributed by atoms with Crippen LogP contribution in [-0.2, 0) is 11.0 Å². The Kier molecular flexibility index (Phi) is 4.89. The van der Waals surface area contributed by atoms with Crippen molar-refractivity contribution in [1.82, 2.24) is 4.98 Å². The van der Waals surface area contributed by atoms with Gasteiger partial charge < -0.3 is 4.84 Å². The van der Waals surface area contributed by atoms with Gasteiger partial charge in [-0.2, -0.15) is 18.4 Å². The molecule has 0 aliphatic carbocycles. The van der Waals surface area contributed by atoms with E-state index in [0.29, 0.717) is 6.20 Å². The molecule has 0 aliphatic rings. The summed E-state index contributed by atoms with van der Waals surface area (Å²) in [5, 5.41) is 11.9. The molecule has 0 radical (unpaired) electrons. The van der Waals surface area contributed by atoms with Gasteiger partial charge in [0.25, 0.3) is 0 Å². The van der Waals surface area contributed by atoms with E-state index in [1.54, 1.807) is 6.07 Å². The van der Waals surface area contributed by atoms with Crippen molar-refractivity contribution in [2.75, 3.05) is 7.11 Å². The molecule has 0 aromatic carbocycles. The van der Waals surface area contributed by atoms with Gasteiger partial charge in [-0.1, -0.05) is 16.8 Å². The predicted molar refractivity (Wildman–Crippen MR) is 63.3 cm³/mol. The molecule has 0 spiro atoms. The number of rotatable bonds is 3. The fraction of sp³-hybridized carbons (Fsp3) is 0.182. The van der Waals surface area contributed by atoms with Crippen LogP contribution in [0.3, 0.4) is 0 Å². The van der Waals surface area contributed by atoms with Gasteiger partial charge in [-0.3, -0.25) is 4.98 Å². The Morgan fingerprint density at radius 1 is 1.58 bits per heavy atom. The standard InChI is InChI=1S/C11H7ClF3N3O/c1-19-18-5-7(4-16)2-10-9(12)3-8(6-17-10)11(13,14)15/h2-3,5-6H,1H3/b7-2-,18-5+. The second-order valence-electron chi connectivity index (χ2n) is 3.22. The highest BCUT2D eigenvalue weighted by atomic mass is 35.5. The molecule has 0 N–H and O–H groups in total. The van der Waals surface area contributed by atoms with Crippen molar-refractivity contribution in [1.29, 1.82) is 5.26 Å². The number of allylic oxidation sites excluding steroid dienone is 1. The zero-order valence-corrected chi connectivity index (χ0v) is 10.3. The largest absolute Gasteiger partial charge is 0.417 e. The summed E-state index contributed by atoms with van der Waals surface area (Å²) >= 11 is 5.68. The Bertz CT molecular complexity index is 561. The summed E-state index contributed by atoms with van der Waals surface area (Å²) in [7, 11) is 1.29. The molecule has 100 valence electrons. The first-order valence-corrected chi connectivity index (χ1v) is 5.17. The van der Waals surface area contributed by atoms with Gasteiger partial charge in [-0.25, -0.2) is 0 Å². The average Bonchev–Trinajstić information content (AvgIpc) is 2.35. The molecule has 0 bridgehead atoms. The van der Waals surface area contributed by atoms with Crippen LogP contribution in [0.2, 0.25) is 5.02 Å². The van der Waals surface area contributed by atoms with Crippen molar-refractivity contribution in [3.8, 4) is 6.07 Å². The molecule has 0 aliphatic heterocycles. The number of nitrogens with zero attached hydrogens (tertiary/aromatic N) is 3. The van der Waals surface area contributed by atoms with Crippen LogP contribution in [0, 0.1) is 11.3 Å². The van der Waals surface area contributed by atoms with E-state index < -0.39 is 11.7 Å². The summed E-state index contributed by atoms with van der Waals surface area (Å²) in [5.74, 6) is 0. The molecule has 0 atom stereocenters. The summed E-state index contributed by atoms with van der Waals surface area (Å²) in [4.78, 5) is 7.94. The van der Waals surface area contributed by atoms with Crippen LogP contribution in [0.25, 0.3) is 6.08 Å². The molecule has 0 amide bonds. The van der Waals surface area contributed by atoms with E-state index in [1.807, 2.05) is 0 Å². The molecule has 4 nitrogen and oxygen atoms in total. The molecular formula is C11H7ClF3N3O. The molecule has 19 heavy (non-hydrogen) atoms. The van der Waals surface area contributed by atoms with Crippen LogP contribution < -0.4 is 0 Å². The number of halogens is 4. The van der Waals surface area contributed by atoms with Gasteiger partial charge in [-0.15, -0.1) is 0 Å². The maximum atomic E-state index is 12.4. The van der Waals surface area contributed by atoms with Crippen molar-refractivity contribution in [2.24, 2.45) is 5.16 Å². The summed E-state index contributed by atoms with van der Waals surface area (Å²) in [5.41, 5.74) is -0.886. The van der Waals surface area contributed by atoms with Crippen LogP contribution >= 0.6 is 11.6 Å². The highest BCUT2D eigenvalue weighted by Crippen LogP contribution is 2.31. The zero-order chi connectivity index (χ0) is 14.5. The van der Waals surface area contributed by atoms with E-state index in [-0.39, 0.29) is 16.3 Å². The van der Waals surface area contributed by atoms with E-state index in [9.17, 15) is 13.2 Å². The predicted octanol–water partition coefficient (Wildman–Crippen LogP) is 3.29. The molecule has 0 unspecified atom stereocenters. The van der Waals surface area contributed by atoms with Gasteiger partial charge >= 0.3 is 6.18 Å². The topological polar surface area (TPSA) is 58.3 Å². The SMILES string of the molecule is CO/N=C/C(C#N)=C\c1ncc(C(F)(F)F)cc1Cl. The Balaban J connectivity index is 3.14. The highest BCUT2D eigenvalue weighted by Gasteiger charge is 2.31. The van der Waals surface area contributed by atoms with E-state index in [2.05, 4.69) is 15.0 Å². The van der Waals surface area contributed by atoms with Crippen LogP contribution in [0.1, 0.15) is 11.3 Å². The van der Waals surface area contributed by atoms with Gasteiger partial charge in [0.05, 0.1) is 28.1 Å². The minimum Gasteiger partial charge on any atom is -0.399 e. The van der Waals surface area contributed by atoms with Gasteiger partial charge in [0.15, 0.2) is 0 Å². The number of aromatic nitrogens is 1. The Morgan fingerprint density at radius 3 is 2.74 bits per heavy atom. The third kappa shape index (κ3) is 4.26. The maximum absolute atomic E-state index is 12.4. The fourth-order valence-electron chi connectivity index (χ4n) is 1.06. The number of hydrogen-bond acceptors (Lipinski definition) is 4. The number of pyridine rings is 1. The van der Waals surface area contributed by atoms with E-state index >= 15 is 0 Å². The first-order chi connectivity index (χ1) is 8.88. The first-order valence-electron chi connectivity index (χ1n) is 4.79. The zero-order valence-electron chi connectivity index (χ0n) is 9.57. The highest BCUT2D eigenvalue weighted by molar-refractivity contribution is 6.32. The van der Waals surface area contributed by atoms with Gasteiger partial charge in [0, 0.05) is 6.20 Å².